The fourth-order valence-electron chi connectivity index (χ4n) is 2.34. The lowest BCUT2D eigenvalue weighted by Crippen LogP contribution is -1.90. The molecule has 3 heteroatoms. The summed E-state index contributed by atoms with van der Waals surface area (Å²) in [5.41, 5.74) is 3.76. The van der Waals surface area contributed by atoms with Crippen LogP contribution in [0, 0.1) is 15.2 Å². The maximum Gasteiger partial charge on any atom is 0.123 e. The lowest BCUT2D eigenvalue weighted by Gasteiger charge is -2.10. The van der Waals surface area contributed by atoms with Crippen LogP contribution in [0.1, 0.15) is 16.7 Å². The summed E-state index contributed by atoms with van der Waals surface area (Å²) in [4.78, 5) is 0. The molecule has 0 unspecified atom stereocenters. The van der Waals surface area contributed by atoms with Crippen LogP contribution < -0.4 is 0 Å². The average molecular weight is 418 g/mol. The van der Waals surface area contributed by atoms with Crippen LogP contribution in [0.5, 0.6) is 0 Å². The molecule has 3 aromatic carbocycles. The van der Waals surface area contributed by atoms with Gasteiger partial charge < -0.3 is 0 Å². The summed E-state index contributed by atoms with van der Waals surface area (Å²) in [5.74, 6) is -0.553. The summed E-state index contributed by atoms with van der Waals surface area (Å²) in [6.07, 6.45) is 2.04. The third kappa shape index (κ3) is 3.85. The minimum atomic E-state index is -0.276. The molecule has 0 amide bonds. The third-order valence-corrected chi connectivity index (χ3v) is 4.50. The summed E-state index contributed by atoms with van der Waals surface area (Å²) >= 11 is 2.28. The lowest BCUT2D eigenvalue weighted by molar-refractivity contribution is 0.627. The van der Waals surface area contributed by atoms with Crippen molar-refractivity contribution in [3.8, 4) is 0 Å². The summed E-state index contributed by atoms with van der Waals surface area (Å²) in [6.45, 7) is 0. The molecule has 0 aliphatic heterocycles. The predicted molar refractivity (Wildman–Crippen MR) is 98.9 cm³/mol. The summed E-state index contributed by atoms with van der Waals surface area (Å²) in [5, 5.41) is 0. The number of rotatable bonds is 3. The van der Waals surface area contributed by atoms with Gasteiger partial charge in [0, 0.05) is 3.57 Å². The Morgan fingerprint density at radius 2 is 1.17 bits per heavy atom. The molecule has 0 heterocycles. The first-order valence-corrected chi connectivity index (χ1v) is 8.19. The highest BCUT2D eigenvalue weighted by Crippen LogP contribution is 2.28. The Morgan fingerprint density at radius 3 is 1.65 bits per heavy atom. The van der Waals surface area contributed by atoms with Gasteiger partial charge in [-0.1, -0.05) is 42.5 Å². The standard InChI is InChI=1S/C20H13F2I/c21-17-9-5-14(6-10-17)19(15-7-11-18(22)12-8-15)13-16-3-1-2-4-20(16)23/h1-13H. The van der Waals surface area contributed by atoms with Crippen molar-refractivity contribution < 1.29 is 8.78 Å². The van der Waals surface area contributed by atoms with E-state index in [4.69, 9.17) is 0 Å². The van der Waals surface area contributed by atoms with Crippen molar-refractivity contribution >= 4 is 34.2 Å². The van der Waals surface area contributed by atoms with Crippen LogP contribution >= 0.6 is 22.6 Å². The Morgan fingerprint density at radius 1 is 0.696 bits per heavy atom. The summed E-state index contributed by atoms with van der Waals surface area (Å²) < 4.78 is 27.6. The number of hydrogen-bond donors (Lipinski definition) is 0. The molecule has 0 aliphatic rings. The largest absolute Gasteiger partial charge is 0.207 e. The fraction of sp³-hybridized carbons (Fsp3) is 0. The van der Waals surface area contributed by atoms with Gasteiger partial charge in [0.25, 0.3) is 0 Å². The Kier molecular flexibility index (Phi) is 4.86. The Hall–Kier alpha value is -2.01. The van der Waals surface area contributed by atoms with Crippen molar-refractivity contribution in [2.24, 2.45) is 0 Å². The molecule has 0 aliphatic carbocycles. The van der Waals surface area contributed by atoms with Crippen molar-refractivity contribution in [3.05, 3.63) is 105 Å². The molecule has 3 aromatic rings. The Labute approximate surface area is 147 Å². The van der Waals surface area contributed by atoms with Crippen LogP contribution in [0.25, 0.3) is 11.6 Å². The van der Waals surface area contributed by atoms with Gasteiger partial charge in [-0.3, -0.25) is 0 Å². The zero-order valence-electron chi connectivity index (χ0n) is 12.1. The van der Waals surface area contributed by atoms with E-state index in [9.17, 15) is 8.78 Å². The van der Waals surface area contributed by atoms with E-state index in [1.807, 2.05) is 30.3 Å². The molecule has 0 saturated carbocycles. The monoisotopic (exact) mass is 418 g/mol. The zero-order valence-corrected chi connectivity index (χ0v) is 14.3. The van der Waals surface area contributed by atoms with Gasteiger partial charge in [-0.25, -0.2) is 8.78 Å². The van der Waals surface area contributed by atoms with Crippen LogP contribution in [-0.4, -0.2) is 0 Å². The van der Waals surface area contributed by atoms with Gasteiger partial charge in [0.2, 0.25) is 0 Å². The van der Waals surface area contributed by atoms with Gasteiger partial charge in [-0.05, 0) is 81.3 Å². The maximum atomic E-state index is 13.2. The maximum absolute atomic E-state index is 13.2. The van der Waals surface area contributed by atoms with Gasteiger partial charge in [-0.15, -0.1) is 0 Å². The normalized spacial score (nSPS) is 10.4. The molecule has 0 aromatic heterocycles. The van der Waals surface area contributed by atoms with Gasteiger partial charge in [0.15, 0.2) is 0 Å². The Balaban J connectivity index is 2.15. The highest BCUT2D eigenvalue weighted by molar-refractivity contribution is 14.1. The van der Waals surface area contributed by atoms with Gasteiger partial charge >= 0.3 is 0 Å². The minimum absolute atomic E-state index is 0.276. The van der Waals surface area contributed by atoms with E-state index in [0.717, 1.165) is 25.8 Å². The van der Waals surface area contributed by atoms with Crippen molar-refractivity contribution in [1.29, 1.82) is 0 Å². The van der Waals surface area contributed by atoms with E-state index in [0.29, 0.717) is 0 Å². The van der Waals surface area contributed by atoms with Crippen LogP contribution in [-0.2, 0) is 0 Å². The molecule has 23 heavy (non-hydrogen) atoms. The topological polar surface area (TPSA) is 0 Å². The molecular weight excluding hydrogens is 405 g/mol. The van der Waals surface area contributed by atoms with Crippen molar-refractivity contribution in [2.75, 3.05) is 0 Å². The second kappa shape index (κ2) is 7.04. The second-order valence-corrected chi connectivity index (χ2v) is 6.26. The fourth-order valence-corrected chi connectivity index (χ4v) is 2.88. The highest BCUT2D eigenvalue weighted by atomic mass is 127. The minimum Gasteiger partial charge on any atom is -0.207 e. The van der Waals surface area contributed by atoms with Crippen LogP contribution in [0.4, 0.5) is 8.78 Å². The highest BCUT2D eigenvalue weighted by Gasteiger charge is 2.07. The number of benzene rings is 3. The molecule has 0 bridgehead atoms. The first-order valence-electron chi connectivity index (χ1n) is 7.11. The number of hydrogen-bond acceptors (Lipinski definition) is 0. The molecule has 0 saturated heterocycles. The van der Waals surface area contributed by atoms with Gasteiger partial charge in [-0.2, -0.15) is 0 Å². The number of halogens is 3. The molecule has 0 N–H and O–H groups in total. The van der Waals surface area contributed by atoms with E-state index in [-0.39, 0.29) is 11.6 Å². The van der Waals surface area contributed by atoms with E-state index < -0.39 is 0 Å². The predicted octanol–water partition coefficient (Wildman–Crippen LogP) is 6.16. The Bertz CT molecular complexity index is 787. The summed E-state index contributed by atoms with van der Waals surface area (Å²) in [6, 6.07) is 20.7. The van der Waals surface area contributed by atoms with Gasteiger partial charge in [0.05, 0.1) is 0 Å². The van der Waals surface area contributed by atoms with Gasteiger partial charge in [0.1, 0.15) is 11.6 Å². The lowest BCUT2D eigenvalue weighted by atomic mass is 9.95. The molecule has 0 radical (unpaired) electrons. The molecule has 114 valence electrons. The van der Waals surface area contributed by atoms with Crippen LogP contribution in [0.2, 0.25) is 0 Å². The molecular formula is C20H13F2I. The first-order chi connectivity index (χ1) is 11.1. The van der Waals surface area contributed by atoms with Crippen LogP contribution in [0.15, 0.2) is 72.8 Å². The molecule has 0 fully saturated rings. The van der Waals surface area contributed by atoms with Crippen molar-refractivity contribution in [3.63, 3.8) is 0 Å². The second-order valence-electron chi connectivity index (χ2n) is 5.09. The molecule has 0 atom stereocenters. The summed E-state index contributed by atoms with van der Waals surface area (Å²) in [7, 11) is 0. The van der Waals surface area contributed by atoms with E-state index in [1.54, 1.807) is 24.3 Å². The van der Waals surface area contributed by atoms with E-state index in [2.05, 4.69) is 22.6 Å². The third-order valence-electron chi connectivity index (χ3n) is 3.52. The molecule has 0 nitrogen and oxygen atoms in total. The van der Waals surface area contributed by atoms with Crippen molar-refractivity contribution in [2.45, 2.75) is 0 Å². The van der Waals surface area contributed by atoms with Crippen molar-refractivity contribution in [1.82, 2.24) is 0 Å². The quantitative estimate of drug-likeness (QED) is 0.353. The average Bonchev–Trinajstić information content (AvgIpc) is 2.56. The van der Waals surface area contributed by atoms with E-state index in [1.165, 1.54) is 24.3 Å². The van der Waals surface area contributed by atoms with Crippen LogP contribution in [0.3, 0.4) is 0 Å². The van der Waals surface area contributed by atoms with E-state index >= 15 is 0 Å². The zero-order chi connectivity index (χ0) is 16.2. The smallest absolute Gasteiger partial charge is 0.123 e. The molecule has 0 spiro atoms. The molecule has 3 rings (SSSR count). The SMILES string of the molecule is Fc1ccc(C(=Cc2ccccc2I)c2ccc(F)cc2)cc1. The first kappa shape index (κ1) is 15.9.